The second-order valence-electron chi connectivity index (χ2n) is 6.77. The Morgan fingerprint density at radius 3 is 2.62 bits per heavy atom. The van der Waals surface area contributed by atoms with Gasteiger partial charge in [0, 0.05) is 16.6 Å². The van der Waals surface area contributed by atoms with Crippen molar-refractivity contribution in [2.75, 3.05) is 6.61 Å². The number of ketones is 1. The largest absolute Gasteiger partial charge is 0.454 e. The first-order chi connectivity index (χ1) is 14.0. The number of H-pyrrole nitrogens is 2. The first-order valence-electron chi connectivity index (χ1n) is 9.28. The number of nitrogens with zero attached hydrogens (tertiary/aromatic N) is 1. The van der Waals surface area contributed by atoms with E-state index in [-0.39, 0.29) is 11.5 Å². The highest BCUT2D eigenvalue weighted by Gasteiger charge is 2.20. The molecule has 0 unspecified atom stereocenters. The Bertz CT molecular complexity index is 1320. The number of carbonyl (C=O) groups excluding carboxylic acids is 2. The lowest BCUT2D eigenvalue weighted by molar-refractivity contribution is 0.0476. The molecule has 0 saturated heterocycles. The van der Waals surface area contributed by atoms with Crippen LogP contribution in [0.15, 0.2) is 47.3 Å². The zero-order chi connectivity index (χ0) is 20.5. The predicted octanol–water partition coefficient (Wildman–Crippen LogP) is 3.31. The Labute approximate surface area is 165 Å². The van der Waals surface area contributed by atoms with E-state index in [1.165, 1.54) is 0 Å². The molecule has 0 aliphatic rings. The van der Waals surface area contributed by atoms with Gasteiger partial charge in [-0.3, -0.25) is 9.78 Å². The fraction of sp³-hybridized carbons (Fsp3) is 0.182. The van der Waals surface area contributed by atoms with E-state index in [1.54, 1.807) is 18.2 Å². The zero-order valence-electron chi connectivity index (χ0n) is 16.0. The molecule has 0 fully saturated rings. The highest BCUT2D eigenvalue weighted by Crippen LogP contribution is 2.24. The van der Waals surface area contributed by atoms with Gasteiger partial charge in [-0.05, 0) is 43.2 Å². The molecule has 0 bridgehead atoms. The Morgan fingerprint density at radius 2 is 1.83 bits per heavy atom. The molecule has 0 aliphatic carbocycles. The number of esters is 1. The molecular formula is C22H19N3O4. The number of hydrogen-bond donors (Lipinski definition) is 2. The van der Waals surface area contributed by atoms with Gasteiger partial charge in [-0.25, -0.2) is 9.59 Å². The number of aromatic amines is 2. The molecular weight excluding hydrogens is 370 g/mol. The Balaban J connectivity index is 1.60. The van der Waals surface area contributed by atoms with Crippen LogP contribution in [0.4, 0.5) is 0 Å². The molecule has 2 N–H and O–H groups in total. The summed E-state index contributed by atoms with van der Waals surface area (Å²) in [6.45, 7) is 3.42. The number of benzene rings is 2. The predicted molar refractivity (Wildman–Crippen MR) is 109 cm³/mol. The minimum atomic E-state index is -0.555. The van der Waals surface area contributed by atoms with E-state index < -0.39 is 12.6 Å². The molecule has 0 saturated carbocycles. The molecule has 7 nitrogen and oxygen atoms in total. The number of rotatable bonds is 5. The standard InChI is InChI=1S/C22H19N3O4/c1-3-15-12(2)20(14-6-4-5-7-16(14)23-15)21(27)29-11-19(26)13-8-9-17-18(10-13)25-22(28)24-17/h4-10H,3,11H2,1-2H3,(H2,24,25,28). The van der Waals surface area contributed by atoms with E-state index in [0.29, 0.717) is 34.0 Å². The zero-order valence-corrected chi connectivity index (χ0v) is 16.0. The van der Waals surface area contributed by atoms with Gasteiger partial charge in [0.15, 0.2) is 12.4 Å². The summed E-state index contributed by atoms with van der Waals surface area (Å²) in [6, 6.07) is 12.2. The van der Waals surface area contributed by atoms with Gasteiger partial charge < -0.3 is 14.7 Å². The molecule has 146 valence electrons. The fourth-order valence-corrected chi connectivity index (χ4v) is 3.46. The van der Waals surface area contributed by atoms with Gasteiger partial charge in [0.1, 0.15) is 0 Å². The van der Waals surface area contributed by atoms with Crippen LogP contribution in [0.5, 0.6) is 0 Å². The van der Waals surface area contributed by atoms with Crippen LogP contribution in [0.2, 0.25) is 0 Å². The molecule has 2 aromatic heterocycles. The number of para-hydroxylation sites is 1. The molecule has 29 heavy (non-hydrogen) atoms. The van der Waals surface area contributed by atoms with Gasteiger partial charge in [0.25, 0.3) is 0 Å². The maximum atomic E-state index is 12.8. The van der Waals surface area contributed by atoms with Crippen molar-refractivity contribution in [1.29, 1.82) is 0 Å². The van der Waals surface area contributed by atoms with Crippen LogP contribution in [0.25, 0.3) is 21.9 Å². The van der Waals surface area contributed by atoms with E-state index in [9.17, 15) is 14.4 Å². The van der Waals surface area contributed by atoms with Gasteiger partial charge in [0.2, 0.25) is 0 Å². The summed E-state index contributed by atoms with van der Waals surface area (Å²) < 4.78 is 5.35. The van der Waals surface area contributed by atoms with Crippen molar-refractivity contribution in [1.82, 2.24) is 15.0 Å². The second kappa shape index (κ2) is 7.35. The number of carbonyl (C=O) groups is 2. The minimum absolute atomic E-state index is 0.345. The first kappa shape index (κ1) is 18.6. The lowest BCUT2D eigenvalue weighted by atomic mass is 10.0. The molecule has 0 amide bonds. The Morgan fingerprint density at radius 1 is 1.07 bits per heavy atom. The highest BCUT2D eigenvalue weighted by atomic mass is 16.5. The molecule has 4 rings (SSSR count). The lowest BCUT2D eigenvalue weighted by Gasteiger charge is -2.13. The summed E-state index contributed by atoms with van der Waals surface area (Å²) in [5.74, 6) is -0.908. The Kier molecular flexibility index (Phi) is 4.72. The van der Waals surface area contributed by atoms with Crippen molar-refractivity contribution < 1.29 is 14.3 Å². The monoisotopic (exact) mass is 389 g/mol. The van der Waals surface area contributed by atoms with Gasteiger partial charge >= 0.3 is 11.7 Å². The van der Waals surface area contributed by atoms with E-state index in [0.717, 1.165) is 16.8 Å². The molecule has 2 aromatic carbocycles. The summed E-state index contributed by atoms with van der Waals surface area (Å²) in [7, 11) is 0. The molecule has 0 spiro atoms. The van der Waals surface area contributed by atoms with Crippen LogP contribution in [0, 0.1) is 6.92 Å². The van der Waals surface area contributed by atoms with Crippen molar-refractivity contribution in [3.63, 3.8) is 0 Å². The van der Waals surface area contributed by atoms with Crippen LogP contribution in [-0.4, -0.2) is 33.3 Å². The van der Waals surface area contributed by atoms with Crippen LogP contribution in [0.1, 0.15) is 38.9 Å². The van der Waals surface area contributed by atoms with Gasteiger partial charge in [-0.1, -0.05) is 25.1 Å². The fourth-order valence-electron chi connectivity index (χ4n) is 3.46. The van der Waals surface area contributed by atoms with Gasteiger partial charge in [0.05, 0.1) is 22.1 Å². The highest BCUT2D eigenvalue weighted by molar-refractivity contribution is 6.06. The lowest BCUT2D eigenvalue weighted by Crippen LogP contribution is -2.16. The number of nitrogens with one attached hydrogen (secondary N) is 2. The van der Waals surface area contributed by atoms with E-state index >= 15 is 0 Å². The van der Waals surface area contributed by atoms with Crippen LogP contribution >= 0.6 is 0 Å². The third kappa shape index (κ3) is 3.42. The van der Waals surface area contributed by atoms with Crippen molar-refractivity contribution in [2.24, 2.45) is 0 Å². The number of aryl methyl sites for hydroxylation is 1. The average molecular weight is 389 g/mol. The summed E-state index contributed by atoms with van der Waals surface area (Å²) >= 11 is 0. The average Bonchev–Trinajstić information content (AvgIpc) is 3.10. The second-order valence-corrected chi connectivity index (χ2v) is 6.77. The number of pyridine rings is 1. The number of hydrogen-bond acceptors (Lipinski definition) is 5. The molecule has 4 aromatic rings. The molecule has 2 heterocycles. The third-order valence-corrected chi connectivity index (χ3v) is 4.95. The number of fused-ring (bicyclic) bond motifs is 2. The smallest absolute Gasteiger partial charge is 0.339 e. The molecule has 7 heteroatoms. The van der Waals surface area contributed by atoms with Crippen LogP contribution < -0.4 is 5.69 Å². The third-order valence-electron chi connectivity index (χ3n) is 4.95. The normalized spacial score (nSPS) is 11.1. The maximum absolute atomic E-state index is 12.8. The van der Waals surface area contributed by atoms with Gasteiger partial charge in [-0.2, -0.15) is 0 Å². The summed E-state index contributed by atoms with van der Waals surface area (Å²) in [4.78, 5) is 46.5. The first-order valence-corrected chi connectivity index (χ1v) is 9.28. The summed E-state index contributed by atoms with van der Waals surface area (Å²) in [5.41, 5.74) is 3.87. The number of aromatic nitrogens is 3. The Hall–Kier alpha value is -3.74. The summed E-state index contributed by atoms with van der Waals surface area (Å²) in [5, 5.41) is 0.700. The minimum Gasteiger partial charge on any atom is -0.454 e. The number of ether oxygens (including phenoxy) is 1. The van der Waals surface area contributed by atoms with E-state index in [2.05, 4.69) is 15.0 Å². The molecule has 0 atom stereocenters. The number of imidazole rings is 1. The van der Waals surface area contributed by atoms with E-state index in [4.69, 9.17) is 4.74 Å². The van der Waals surface area contributed by atoms with Crippen molar-refractivity contribution in [3.05, 3.63) is 75.3 Å². The SMILES string of the molecule is CCc1nc2ccccc2c(C(=O)OCC(=O)c2ccc3[nH]c(=O)[nH]c3c2)c1C. The van der Waals surface area contributed by atoms with Crippen molar-refractivity contribution in [2.45, 2.75) is 20.3 Å². The van der Waals surface area contributed by atoms with Crippen molar-refractivity contribution in [3.8, 4) is 0 Å². The topological polar surface area (TPSA) is 105 Å². The van der Waals surface area contributed by atoms with Crippen molar-refractivity contribution >= 4 is 33.7 Å². The molecule has 0 aliphatic heterocycles. The maximum Gasteiger partial charge on any atom is 0.339 e. The molecule has 0 radical (unpaired) electrons. The van der Waals surface area contributed by atoms with Gasteiger partial charge in [-0.15, -0.1) is 0 Å². The quantitative estimate of drug-likeness (QED) is 0.402. The number of Topliss-reactive ketones (excluding diaryl/α,β-unsaturated/α-hetero) is 1. The van der Waals surface area contributed by atoms with Crippen LogP contribution in [-0.2, 0) is 11.2 Å². The van der Waals surface area contributed by atoms with E-state index in [1.807, 2.05) is 38.1 Å². The van der Waals surface area contributed by atoms with Crippen LogP contribution in [0.3, 0.4) is 0 Å². The summed E-state index contributed by atoms with van der Waals surface area (Å²) in [6.07, 6.45) is 0.685.